The first-order chi connectivity index (χ1) is 13.1. The molecular formula is C22H27N3O2. The second kappa shape index (κ2) is 10.2. The first kappa shape index (κ1) is 20.2. The first-order valence-electron chi connectivity index (χ1n) is 9.04. The monoisotopic (exact) mass is 365 g/mol. The fraction of sp³-hybridized carbons (Fsp3) is 0.273. The molecule has 2 aromatic rings. The van der Waals surface area contributed by atoms with Gasteiger partial charge < -0.3 is 15.2 Å². The quantitative estimate of drug-likeness (QED) is 0.629. The van der Waals surface area contributed by atoms with Crippen LogP contribution >= 0.6 is 0 Å². The number of methoxy groups -OCH3 is 1. The highest BCUT2D eigenvalue weighted by Gasteiger charge is 2.12. The lowest BCUT2D eigenvalue weighted by molar-refractivity contribution is 0.373. The largest absolute Gasteiger partial charge is 0.504 e. The van der Waals surface area contributed by atoms with Gasteiger partial charge in [0.25, 0.3) is 0 Å². The average molecular weight is 365 g/mol. The van der Waals surface area contributed by atoms with Gasteiger partial charge in [0.15, 0.2) is 11.5 Å². The van der Waals surface area contributed by atoms with Crippen molar-refractivity contribution in [3.05, 3.63) is 78.4 Å². The number of aromatic hydroxyl groups is 1. The Bertz CT molecular complexity index is 814. The van der Waals surface area contributed by atoms with Gasteiger partial charge in [0.05, 0.1) is 18.9 Å². The maximum atomic E-state index is 9.80. The van der Waals surface area contributed by atoms with Crippen LogP contribution in [0.5, 0.6) is 11.5 Å². The molecule has 5 heteroatoms. The van der Waals surface area contributed by atoms with Crippen molar-refractivity contribution in [2.75, 3.05) is 7.11 Å². The molecule has 0 saturated heterocycles. The van der Waals surface area contributed by atoms with Crippen molar-refractivity contribution in [2.45, 2.75) is 32.7 Å². The number of hydrogen-bond acceptors (Lipinski definition) is 5. The van der Waals surface area contributed by atoms with E-state index in [1.165, 1.54) is 7.11 Å². The Morgan fingerprint density at radius 1 is 1.41 bits per heavy atom. The van der Waals surface area contributed by atoms with Crippen LogP contribution in [0.4, 0.5) is 0 Å². The predicted octanol–water partition coefficient (Wildman–Crippen LogP) is 4.76. The molecule has 0 aliphatic rings. The Balaban J connectivity index is 2.30. The van der Waals surface area contributed by atoms with Crippen LogP contribution in [-0.4, -0.2) is 22.9 Å². The summed E-state index contributed by atoms with van der Waals surface area (Å²) in [6.07, 6.45) is 9.28. The molecule has 0 aliphatic carbocycles. The highest BCUT2D eigenvalue weighted by atomic mass is 16.5. The minimum Gasteiger partial charge on any atom is -0.504 e. The Hall–Kier alpha value is -3.08. The fourth-order valence-corrected chi connectivity index (χ4v) is 2.75. The zero-order valence-corrected chi connectivity index (χ0v) is 16.1. The van der Waals surface area contributed by atoms with E-state index in [1.54, 1.807) is 30.5 Å². The number of nitrogens with zero attached hydrogens (tertiary/aromatic N) is 2. The molecule has 1 aromatic carbocycles. The van der Waals surface area contributed by atoms with Crippen LogP contribution in [0.15, 0.2) is 72.3 Å². The number of phenolic OH excluding ortho intramolecular Hbond substituents is 1. The van der Waals surface area contributed by atoms with Crippen LogP contribution in [0.1, 0.15) is 43.9 Å². The third-order valence-electron chi connectivity index (χ3n) is 4.17. The summed E-state index contributed by atoms with van der Waals surface area (Å²) >= 11 is 0. The number of ether oxygens (including phenoxy) is 1. The molecule has 0 spiro atoms. The summed E-state index contributed by atoms with van der Waals surface area (Å²) in [5.41, 5.74) is 2.63. The number of pyridine rings is 1. The Kier molecular flexibility index (Phi) is 7.62. The summed E-state index contributed by atoms with van der Waals surface area (Å²) in [4.78, 5) is 8.95. The van der Waals surface area contributed by atoms with E-state index in [2.05, 4.69) is 29.9 Å². The lowest BCUT2D eigenvalue weighted by Gasteiger charge is -2.20. The number of aromatic nitrogens is 1. The van der Waals surface area contributed by atoms with Gasteiger partial charge in [-0.1, -0.05) is 26.0 Å². The van der Waals surface area contributed by atoms with E-state index in [4.69, 9.17) is 9.73 Å². The van der Waals surface area contributed by atoms with Crippen molar-refractivity contribution in [1.82, 2.24) is 10.3 Å². The van der Waals surface area contributed by atoms with Crippen molar-refractivity contribution in [3.8, 4) is 11.5 Å². The van der Waals surface area contributed by atoms with Crippen molar-refractivity contribution >= 4 is 5.71 Å². The molecule has 2 N–H and O–H groups in total. The van der Waals surface area contributed by atoms with E-state index in [-0.39, 0.29) is 11.8 Å². The summed E-state index contributed by atoms with van der Waals surface area (Å²) in [6.45, 7) is 7.97. The molecule has 1 aromatic heterocycles. The van der Waals surface area contributed by atoms with Crippen LogP contribution < -0.4 is 10.1 Å². The molecule has 0 amide bonds. The van der Waals surface area contributed by atoms with Gasteiger partial charge in [-0.25, -0.2) is 4.99 Å². The Labute approximate surface area is 161 Å². The van der Waals surface area contributed by atoms with Crippen molar-refractivity contribution in [1.29, 1.82) is 0 Å². The standard InChI is InChI=1S/C22H27N3O2/c1-5-9-19(17-10-8-13-23-15-17)25-22(7-3)24-18(6-2)16-11-12-20(26)21(14-16)27-4/h6-8,10-15,19,25-26H,2,5,9H2,1,3-4H3/b22-7+,24-18+. The molecule has 0 aliphatic heterocycles. The lowest BCUT2D eigenvalue weighted by atomic mass is 10.0. The zero-order chi connectivity index (χ0) is 19.6. The van der Waals surface area contributed by atoms with Crippen molar-refractivity contribution in [2.24, 2.45) is 4.99 Å². The number of aliphatic imine (C=N–C) groups is 1. The van der Waals surface area contributed by atoms with Gasteiger partial charge in [-0.05, 0) is 55.3 Å². The van der Waals surface area contributed by atoms with Gasteiger partial charge in [0, 0.05) is 18.0 Å². The number of nitrogens with one attached hydrogen (secondary N) is 1. The third kappa shape index (κ3) is 5.45. The molecular weight excluding hydrogens is 338 g/mol. The van der Waals surface area contributed by atoms with Gasteiger partial charge in [-0.15, -0.1) is 0 Å². The van der Waals surface area contributed by atoms with E-state index in [1.807, 2.05) is 25.3 Å². The molecule has 142 valence electrons. The Morgan fingerprint density at radius 2 is 2.22 bits per heavy atom. The molecule has 1 heterocycles. The van der Waals surface area contributed by atoms with E-state index < -0.39 is 0 Å². The molecule has 1 unspecified atom stereocenters. The van der Waals surface area contributed by atoms with Crippen molar-refractivity contribution < 1.29 is 9.84 Å². The molecule has 0 bridgehead atoms. The molecule has 2 rings (SSSR count). The minimum absolute atomic E-state index is 0.0913. The van der Waals surface area contributed by atoms with Crippen LogP contribution in [0, 0.1) is 0 Å². The number of allylic oxidation sites excluding steroid dienone is 2. The van der Waals surface area contributed by atoms with E-state index >= 15 is 0 Å². The van der Waals surface area contributed by atoms with Gasteiger partial charge in [0.1, 0.15) is 5.82 Å². The summed E-state index contributed by atoms with van der Waals surface area (Å²) in [6, 6.07) is 9.25. The summed E-state index contributed by atoms with van der Waals surface area (Å²) in [7, 11) is 1.52. The maximum absolute atomic E-state index is 9.80. The molecule has 5 nitrogen and oxygen atoms in total. The summed E-state index contributed by atoms with van der Waals surface area (Å²) in [5.74, 6) is 1.24. The molecule has 1 atom stereocenters. The highest BCUT2D eigenvalue weighted by molar-refractivity contribution is 6.09. The van der Waals surface area contributed by atoms with E-state index in [0.717, 1.165) is 29.8 Å². The first-order valence-corrected chi connectivity index (χ1v) is 9.04. The SMILES string of the molecule is C=C/C(=N\C(=C/C)NC(CCC)c1cccnc1)c1ccc(O)c(OC)c1. The van der Waals surface area contributed by atoms with Crippen LogP contribution in [0.2, 0.25) is 0 Å². The van der Waals surface area contributed by atoms with E-state index in [0.29, 0.717) is 11.5 Å². The van der Waals surface area contributed by atoms with Crippen molar-refractivity contribution in [3.63, 3.8) is 0 Å². The molecule has 0 saturated carbocycles. The van der Waals surface area contributed by atoms with Gasteiger partial charge >= 0.3 is 0 Å². The van der Waals surface area contributed by atoms with Gasteiger partial charge in [-0.3, -0.25) is 4.98 Å². The van der Waals surface area contributed by atoms with Crippen LogP contribution in [0.3, 0.4) is 0 Å². The lowest BCUT2D eigenvalue weighted by Crippen LogP contribution is -2.21. The predicted molar refractivity (Wildman–Crippen MR) is 110 cm³/mol. The minimum atomic E-state index is 0.0913. The normalized spacial score (nSPS) is 13.1. The smallest absolute Gasteiger partial charge is 0.161 e. The molecule has 0 radical (unpaired) electrons. The van der Waals surface area contributed by atoms with Crippen LogP contribution in [-0.2, 0) is 0 Å². The number of phenols is 1. The number of hydrogen-bond donors (Lipinski definition) is 2. The average Bonchev–Trinajstić information content (AvgIpc) is 2.71. The third-order valence-corrected chi connectivity index (χ3v) is 4.17. The zero-order valence-electron chi connectivity index (χ0n) is 16.1. The second-order valence-electron chi connectivity index (χ2n) is 6.03. The molecule has 27 heavy (non-hydrogen) atoms. The summed E-state index contributed by atoms with van der Waals surface area (Å²) in [5, 5.41) is 13.3. The number of benzene rings is 1. The van der Waals surface area contributed by atoms with Gasteiger partial charge in [-0.2, -0.15) is 0 Å². The summed E-state index contributed by atoms with van der Waals surface area (Å²) < 4.78 is 5.19. The fourth-order valence-electron chi connectivity index (χ4n) is 2.75. The molecule has 0 fully saturated rings. The van der Waals surface area contributed by atoms with Crippen LogP contribution in [0.25, 0.3) is 0 Å². The van der Waals surface area contributed by atoms with Gasteiger partial charge in [0.2, 0.25) is 0 Å². The topological polar surface area (TPSA) is 66.7 Å². The second-order valence-corrected chi connectivity index (χ2v) is 6.03. The Morgan fingerprint density at radius 3 is 2.81 bits per heavy atom. The highest BCUT2D eigenvalue weighted by Crippen LogP contribution is 2.27. The maximum Gasteiger partial charge on any atom is 0.161 e. The number of rotatable bonds is 9. The van der Waals surface area contributed by atoms with E-state index in [9.17, 15) is 5.11 Å².